The van der Waals surface area contributed by atoms with E-state index in [1.165, 1.54) is 0 Å². The Morgan fingerprint density at radius 2 is 2.15 bits per heavy atom. The van der Waals surface area contributed by atoms with Crippen molar-refractivity contribution in [1.82, 2.24) is 15.2 Å². The Bertz CT molecular complexity index is 697. The van der Waals surface area contributed by atoms with Crippen molar-refractivity contribution < 1.29 is 9.53 Å². The van der Waals surface area contributed by atoms with Gasteiger partial charge in [-0.05, 0) is 69.6 Å². The molecule has 1 aliphatic rings. The third kappa shape index (κ3) is 4.82. The number of nitrogens with one attached hydrogen (secondary N) is 1. The maximum atomic E-state index is 13.3. The molecule has 0 spiro atoms. The van der Waals surface area contributed by atoms with Gasteiger partial charge in [0, 0.05) is 17.8 Å². The summed E-state index contributed by atoms with van der Waals surface area (Å²) in [5, 5.41) is 3.43. The quantitative estimate of drug-likeness (QED) is 0.866. The maximum absolute atomic E-state index is 13.3. The zero-order chi connectivity index (χ0) is 18.2. The Kier molecular flexibility index (Phi) is 6.61. The van der Waals surface area contributed by atoms with Crippen LogP contribution in [0, 0.1) is 0 Å². The normalized spacial score (nSPS) is 17.3. The zero-order valence-electron chi connectivity index (χ0n) is 15.4. The highest BCUT2D eigenvalue weighted by molar-refractivity contribution is 5.94. The Morgan fingerprint density at radius 1 is 1.23 bits per heavy atom. The van der Waals surface area contributed by atoms with Crippen molar-refractivity contribution >= 4 is 5.91 Å². The van der Waals surface area contributed by atoms with Gasteiger partial charge < -0.3 is 15.0 Å². The lowest BCUT2D eigenvalue weighted by Crippen LogP contribution is -2.40. The first-order valence-electron chi connectivity index (χ1n) is 9.42. The van der Waals surface area contributed by atoms with Crippen molar-refractivity contribution in [3.63, 3.8) is 0 Å². The SMILES string of the molecule is CCOc1cccc(C(=O)N(Cc2ccccn2)C2CCCNCC2)c1. The molecular formula is C21H27N3O2. The molecule has 0 saturated carbocycles. The second-order valence-corrected chi connectivity index (χ2v) is 6.55. The van der Waals surface area contributed by atoms with Gasteiger partial charge in [-0.25, -0.2) is 0 Å². The van der Waals surface area contributed by atoms with E-state index in [4.69, 9.17) is 4.74 Å². The second kappa shape index (κ2) is 9.34. The third-order valence-electron chi connectivity index (χ3n) is 4.70. The lowest BCUT2D eigenvalue weighted by atomic mass is 10.0. The number of hydrogen-bond donors (Lipinski definition) is 1. The summed E-state index contributed by atoms with van der Waals surface area (Å²) in [6, 6.07) is 13.5. The molecule has 1 unspecified atom stereocenters. The van der Waals surface area contributed by atoms with Gasteiger partial charge in [-0.3, -0.25) is 9.78 Å². The molecule has 1 aromatic carbocycles. The van der Waals surface area contributed by atoms with E-state index >= 15 is 0 Å². The Labute approximate surface area is 155 Å². The summed E-state index contributed by atoms with van der Waals surface area (Å²) in [6.07, 6.45) is 4.83. The molecule has 1 aliphatic heterocycles. The van der Waals surface area contributed by atoms with Crippen LogP contribution in [0.2, 0.25) is 0 Å². The highest BCUT2D eigenvalue weighted by Crippen LogP contribution is 2.21. The number of pyridine rings is 1. The first-order chi connectivity index (χ1) is 12.8. The van der Waals surface area contributed by atoms with E-state index < -0.39 is 0 Å². The van der Waals surface area contributed by atoms with Crippen LogP contribution in [0.4, 0.5) is 0 Å². The van der Waals surface area contributed by atoms with Gasteiger partial charge in [0.15, 0.2) is 0 Å². The molecule has 0 radical (unpaired) electrons. The Balaban J connectivity index is 1.85. The van der Waals surface area contributed by atoms with E-state index in [-0.39, 0.29) is 11.9 Å². The van der Waals surface area contributed by atoms with E-state index in [9.17, 15) is 4.79 Å². The largest absolute Gasteiger partial charge is 0.494 e. The zero-order valence-corrected chi connectivity index (χ0v) is 15.4. The first kappa shape index (κ1) is 18.4. The molecule has 1 N–H and O–H groups in total. The summed E-state index contributed by atoms with van der Waals surface area (Å²) >= 11 is 0. The number of nitrogens with zero attached hydrogens (tertiary/aromatic N) is 2. The first-order valence-corrected chi connectivity index (χ1v) is 9.42. The molecule has 5 nitrogen and oxygen atoms in total. The molecule has 0 bridgehead atoms. The highest BCUT2D eigenvalue weighted by atomic mass is 16.5. The fourth-order valence-corrected chi connectivity index (χ4v) is 3.40. The third-order valence-corrected chi connectivity index (χ3v) is 4.70. The summed E-state index contributed by atoms with van der Waals surface area (Å²) in [6.45, 7) is 5.02. The Morgan fingerprint density at radius 3 is 2.96 bits per heavy atom. The van der Waals surface area contributed by atoms with Crippen molar-refractivity contribution in [2.75, 3.05) is 19.7 Å². The summed E-state index contributed by atoms with van der Waals surface area (Å²) < 4.78 is 5.57. The molecule has 0 aliphatic carbocycles. The summed E-state index contributed by atoms with van der Waals surface area (Å²) in [4.78, 5) is 19.8. The number of rotatable bonds is 6. The molecule has 1 fully saturated rings. The summed E-state index contributed by atoms with van der Waals surface area (Å²) in [7, 11) is 0. The van der Waals surface area contributed by atoms with E-state index in [1.54, 1.807) is 6.20 Å². The molecule has 1 saturated heterocycles. The van der Waals surface area contributed by atoms with Gasteiger partial charge in [0.25, 0.3) is 5.91 Å². The van der Waals surface area contributed by atoms with Crippen LogP contribution in [0.25, 0.3) is 0 Å². The number of aromatic nitrogens is 1. The van der Waals surface area contributed by atoms with Crippen molar-refractivity contribution in [2.45, 2.75) is 38.8 Å². The minimum absolute atomic E-state index is 0.0455. The van der Waals surface area contributed by atoms with Gasteiger partial charge in [-0.1, -0.05) is 12.1 Å². The van der Waals surface area contributed by atoms with Crippen LogP contribution in [-0.2, 0) is 6.54 Å². The number of amides is 1. The lowest BCUT2D eigenvalue weighted by Gasteiger charge is -2.31. The number of ether oxygens (including phenoxy) is 1. The molecule has 5 heteroatoms. The van der Waals surface area contributed by atoms with Crippen molar-refractivity contribution in [3.8, 4) is 5.75 Å². The number of hydrogen-bond acceptors (Lipinski definition) is 4. The topological polar surface area (TPSA) is 54.5 Å². The second-order valence-electron chi connectivity index (χ2n) is 6.55. The molecule has 2 aromatic rings. The van der Waals surface area contributed by atoms with Crippen molar-refractivity contribution in [3.05, 3.63) is 59.9 Å². The summed E-state index contributed by atoms with van der Waals surface area (Å²) in [5.41, 5.74) is 1.59. The van der Waals surface area contributed by atoms with Crippen LogP contribution in [0.15, 0.2) is 48.7 Å². The van der Waals surface area contributed by atoms with Crippen LogP contribution < -0.4 is 10.1 Å². The predicted molar refractivity (Wildman–Crippen MR) is 102 cm³/mol. The van der Waals surface area contributed by atoms with Gasteiger partial charge in [-0.2, -0.15) is 0 Å². The monoisotopic (exact) mass is 353 g/mol. The minimum Gasteiger partial charge on any atom is -0.494 e. The number of carbonyl (C=O) groups excluding carboxylic acids is 1. The molecule has 2 heterocycles. The van der Waals surface area contributed by atoms with Crippen LogP contribution in [0.1, 0.15) is 42.2 Å². The van der Waals surface area contributed by atoms with Crippen LogP contribution in [-0.4, -0.2) is 41.5 Å². The molecule has 1 amide bonds. The molecular weight excluding hydrogens is 326 g/mol. The van der Waals surface area contributed by atoms with Gasteiger partial charge >= 0.3 is 0 Å². The van der Waals surface area contributed by atoms with Crippen LogP contribution in [0.5, 0.6) is 5.75 Å². The number of carbonyl (C=O) groups is 1. The molecule has 138 valence electrons. The van der Waals surface area contributed by atoms with E-state index in [0.717, 1.165) is 43.8 Å². The lowest BCUT2D eigenvalue weighted by molar-refractivity contribution is 0.0642. The van der Waals surface area contributed by atoms with E-state index in [1.807, 2.05) is 54.3 Å². The van der Waals surface area contributed by atoms with Crippen molar-refractivity contribution in [2.24, 2.45) is 0 Å². The standard InChI is InChI=1S/C21H27N3O2/c1-2-26-20-10-5-7-17(15-20)21(25)24(16-18-8-3-4-13-23-18)19-9-6-12-22-14-11-19/h3-5,7-8,10,13,15,19,22H,2,6,9,11-12,14,16H2,1H3. The maximum Gasteiger partial charge on any atom is 0.254 e. The van der Waals surface area contributed by atoms with E-state index in [2.05, 4.69) is 10.3 Å². The summed E-state index contributed by atoms with van der Waals surface area (Å²) in [5.74, 6) is 0.780. The Hall–Kier alpha value is -2.40. The predicted octanol–water partition coefficient (Wildman–Crippen LogP) is 3.26. The van der Waals surface area contributed by atoms with Gasteiger partial charge in [0.2, 0.25) is 0 Å². The highest BCUT2D eigenvalue weighted by Gasteiger charge is 2.26. The van der Waals surface area contributed by atoms with Gasteiger partial charge in [-0.15, -0.1) is 0 Å². The van der Waals surface area contributed by atoms with E-state index in [0.29, 0.717) is 18.7 Å². The molecule has 1 aromatic heterocycles. The fourth-order valence-electron chi connectivity index (χ4n) is 3.40. The molecule has 3 rings (SSSR count). The smallest absolute Gasteiger partial charge is 0.254 e. The number of benzene rings is 1. The molecule has 1 atom stereocenters. The van der Waals surface area contributed by atoms with Gasteiger partial charge in [0.05, 0.1) is 18.8 Å². The van der Waals surface area contributed by atoms with Gasteiger partial charge in [0.1, 0.15) is 5.75 Å². The minimum atomic E-state index is 0.0455. The van der Waals surface area contributed by atoms with Crippen LogP contribution in [0.3, 0.4) is 0 Å². The van der Waals surface area contributed by atoms with Crippen LogP contribution >= 0.6 is 0 Å². The average molecular weight is 353 g/mol. The van der Waals surface area contributed by atoms with Crippen molar-refractivity contribution in [1.29, 1.82) is 0 Å². The average Bonchev–Trinajstić information content (AvgIpc) is 2.96. The molecule has 26 heavy (non-hydrogen) atoms. The fraction of sp³-hybridized carbons (Fsp3) is 0.429.